The van der Waals surface area contributed by atoms with Gasteiger partial charge in [-0.3, -0.25) is 4.79 Å². The molecule has 0 aliphatic heterocycles. The molecule has 2 N–H and O–H groups in total. The maximum atomic E-state index is 12.1. The first kappa shape index (κ1) is 16.3. The predicted molar refractivity (Wildman–Crippen MR) is 97.0 cm³/mol. The van der Waals surface area contributed by atoms with E-state index in [1.54, 1.807) is 11.3 Å². The van der Waals surface area contributed by atoms with Crippen LogP contribution in [0.15, 0.2) is 17.5 Å². The Morgan fingerprint density at radius 3 is 2.65 bits per heavy atom. The molecule has 3 rings (SSSR count). The molecule has 1 aliphatic carbocycles. The molecule has 0 unspecified atom stereocenters. The van der Waals surface area contributed by atoms with Gasteiger partial charge in [0.2, 0.25) is 0 Å². The number of carbonyl (C=O) groups excluding carboxylic acids is 1. The SMILES string of the molecule is CCc1c(-c2cccs2)c(C(N)=O)c(C)n1CC1CCCCC1. The summed E-state index contributed by atoms with van der Waals surface area (Å²) in [5.74, 6) is 0.431. The van der Waals surface area contributed by atoms with Crippen LogP contribution in [0.25, 0.3) is 10.4 Å². The van der Waals surface area contributed by atoms with E-state index < -0.39 is 0 Å². The van der Waals surface area contributed by atoms with Crippen molar-refractivity contribution >= 4 is 17.2 Å². The third-order valence-electron chi connectivity index (χ3n) is 5.15. The van der Waals surface area contributed by atoms with Gasteiger partial charge in [-0.2, -0.15) is 0 Å². The van der Waals surface area contributed by atoms with Gasteiger partial charge in [0.25, 0.3) is 5.91 Å². The molecule has 0 radical (unpaired) electrons. The lowest BCUT2D eigenvalue weighted by molar-refractivity contribution is 0.1000. The van der Waals surface area contributed by atoms with Crippen molar-refractivity contribution < 1.29 is 4.79 Å². The summed E-state index contributed by atoms with van der Waals surface area (Å²) in [6, 6.07) is 4.13. The quantitative estimate of drug-likeness (QED) is 0.843. The average molecular weight is 330 g/mol. The van der Waals surface area contributed by atoms with Crippen LogP contribution < -0.4 is 5.73 Å². The van der Waals surface area contributed by atoms with Gasteiger partial charge in [-0.15, -0.1) is 11.3 Å². The molecule has 3 nitrogen and oxygen atoms in total. The van der Waals surface area contributed by atoms with Crippen molar-refractivity contribution in [3.8, 4) is 10.4 Å². The highest BCUT2D eigenvalue weighted by Crippen LogP contribution is 2.37. The standard InChI is InChI=1S/C19H26N2OS/c1-3-15-18(16-10-7-11-23-16)17(19(20)22)13(2)21(15)12-14-8-5-4-6-9-14/h7,10-11,14H,3-6,8-9,12H2,1-2H3,(H2,20,22). The molecule has 4 heteroatoms. The highest BCUT2D eigenvalue weighted by Gasteiger charge is 2.26. The molecule has 2 heterocycles. The Morgan fingerprint density at radius 1 is 1.35 bits per heavy atom. The highest BCUT2D eigenvalue weighted by atomic mass is 32.1. The monoisotopic (exact) mass is 330 g/mol. The van der Waals surface area contributed by atoms with E-state index in [-0.39, 0.29) is 5.91 Å². The van der Waals surface area contributed by atoms with Crippen molar-refractivity contribution in [1.29, 1.82) is 0 Å². The van der Waals surface area contributed by atoms with Gasteiger partial charge in [-0.25, -0.2) is 0 Å². The number of primary amides is 1. The van der Waals surface area contributed by atoms with Crippen LogP contribution in [-0.2, 0) is 13.0 Å². The number of rotatable bonds is 5. The molecule has 2 aromatic rings. The number of hydrogen-bond donors (Lipinski definition) is 1. The lowest BCUT2D eigenvalue weighted by Crippen LogP contribution is -2.17. The Balaban J connectivity index is 2.08. The van der Waals surface area contributed by atoms with Crippen LogP contribution in [0.3, 0.4) is 0 Å². The summed E-state index contributed by atoms with van der Waals surface area (Å²) in [6.07, 6.45) is 7.59. The Hall–Kier alpha value is -1.55. The molecule has 1 saturated carbocycles. The van der Waals surface area contributed by atoms with Crippen molar-refractivity contribution in [1.82, 2.24) is 4.57 Å². The molecule has 0 aromatic carbocycles. The molecule has 1 fully saturated rings. The molecule has 1 amide bonds. The van der Waals surface area contributed by atoms with Crippen molar-refractivity contribution in [2.45, 2.75) is 58.9 Å². The first-order chi connectivity index (χ1) is 11.1. The first-order valence-corrected chi connectivity index (χ1v) is 9.57. The fraction of sp³-hybridized carbons (Fsp3) is 0.526. The van der Waals surface area contributed by atoms with E-state index >= 15 is 0 Å². The Kier molecular flexibility index (Phi) is 4.90. The fourth-order valence-corrected chi connectivity index (χ4v) is 4.83. The minimum atomic E-state index is -0.303. The Morgan fingerprint density at radius 2 is 2.09 bits per heavy atom. The summed E-state index contributed by atoms with van der Waals surface area (Å²) < 4.78 is 2.38. The van der Waals surface area contributed by atoms with E-state index in [0.717, 1.165) is 40.6 Å². The van der Waals surface area contributed by atoms with Gasteiger partial charge in [0.1, 0.15) is 0 Å². The molecule has 0 saturated heterocycles. The zero-order chi connectivity index (χ0) is 16.4. The summed E-state index contributed by atoms with van der Waals surface area (Å²) in [7, 11) is 0. The topological polar surface area (TPSA) is 48.0 Å². The molecule has 0 bridgehead atoms. The number of thiophene rings is 1. The van der Waals surface area contributed by atoms with Gasteiger partial charge in [-0.05, 0) is 43.6 Å². The highest BCUT2D eigenvalue weighted by molar-refractivity contribution is 7.13. The number of carbonyl (C=O) groups is 1. The van der Waals surface area contributed by atoms with Crippen LogP contribution in [0, 0.1) is 12.8 Å². The van der Waals surface area contributed by atoms with Crippen molar-refractivity contribution in [3.05, 3.63) is 34.5 Å². The van der Waals surface area contributed by atoms with E-state index in [1.807, 2.05) is 6.07 Å². The van der Waals surface area contributed by atoms with E-state index in [9.17, 15) is 4.79 Å². The van der Waals surface area contributed by atoms with Crippen LogP contribution in [0.4, 0.5) is 0 Å². The number of nitrogens with zero attached hydrogens (tertiary/aromatic N) is 1. The summed E-state index contributed by atoms with van der Waals surface area (Å²) in [4.78, 5) is 13.3. The maximum Gasteiger partial charge on any atom is 0.251 e. The minimum Gasteiger partial charge on any atom is -0.366 e. The first-order valence-electron chi connectivity index (χ1n) is 8.69. The van der Waals surface area contributed by atoms with Crippen LogP contribution in [0.2, 0.25) is 0 Å². The van der Waals surface area contributed by atoms with Crippen molar-refractivity contribution in [2.24, 2.45) is 11.7 Å². The van der Waals surface area contributed by atoms with E-state index in [1.165, 1.54) is 37.8 Å². The molecule has 2 aromatic heterocycles. The molecular formula is C19H26N2OS. The fourth-order valence-electron chi connectivity index (χ4n) is 4.03. The molecule has 1 aliphatic rings. The Labute approximate surface area is 142 Å². The average Bonchev–Trinajstić information content (AvgIpc) is 3.15. The second-order valence-electron chi connectivity index (χ2n) is 6.59. The molecular weight excluding hydrogens is 304 g/mol. The van der Waals surface area contributed by atoms with Gasteiger partial charge >= 0.3 is 0 Å². The van der Waals surface area contributed by atoms with Gasteiger partial charge in [0, 0.05) is 28.4 Å². The minimum absolute atomic E-state index is 0.303. The largest absolute Gasteiger partial charge is 0.366 e. The third kappa shape index (κ3) is 3.09. The second-order valence-corrected chi connectivity index (χ2v) is 7.54. The number of amides is 1. The lowest BCUT2D eigenvalue weighted by Gasteiger charge is -2.24. The Bertz CT molecular complexity index is 679. The normalized spacial score (nSPS) is 15.9. The number of nitrogens with two attached hydrogens (primary N) is 1. The van der Waals surface area contributed by atoms with Crippen LogP contribution in [0.1, 0.15) is 60.8 Å². The van der Waals surface area contributed by atoms with Gasteiger partial charge in [0.05, 0.1) is 5.56 Å². The number of aromatic nitrogens is 1. The number of hydrogen-bond acceptors (Lipinski definition) is 2. The van der Waals surface area contributed by atoms with Crippen molar-refractivity contribution in [2.75, 3.05) is 0 Å². The zero-order valence-electron chi connectivity index (χ0n) is 14.1. The van der Waals surface area contributed by atoms with E-state index in [0.29, 0.717) is 0 Å². The molecule has 124 valence electrons. The predicted octanol–water partition coefficient (Wildman–Crippen LogP) is 4.77. The summed E-state index contributed by atoms with van der Waals surface area (Å²) in [5.41, 5.74) is 9.85. The van der Waals surface area contributed by atoms with E-state index in [4.69, 9.17) is 5.73 Å². The van der Waals surface area contributed by atoms with Gasteiger partial charge in [0.15, 0.2) is 0 Å². The van der Waals surface area contributed by atoms with Crippen molar-refractivity contribution in [3.63, 3.8) is 0 Å². The third-order valence-corrected chi connectivity index (χ3v) is 6.03. The van der Waals surface area contributed by atoms with Gasteiger partial charge < -0.3 is 10.3 Å². The van der Waals surface area contributed by atoms with Crippen LogP contribution >= 0.6 is 11.3 Å². The summed E-state index contributed by atoms with van der Waals surface area (Å²) in [6.45, 7) is 5.26. The van der Waals surface area contributed by atoms with E-state index in [2.05, 4.69) is 29.9 Å². The summed E-state index contributed by atoms with van der Waals surface area (Å²) in [5, 5.41) is 2.06. The molecule has 0 atom stereocenters. The smallest absolute Gasteiger partial charge is 0.251 e. The second kappa shape index (κ2) is 6.91. The molecule has 23 heavy (non-hydrogen) atoms. The zero-order valence-corrected chi connectivity index (χ0v) is 14.9. The summed E-state index contributed by atoms with van der Waals surface area (Å²) >= 11 is 1.68. The molecule has 0 spiro atoms. The van der Waals surface area contributed by atoms with Gasteiger partial charge in [-0.1, -0.05) is 32.3 Å². The maximum absolute atomic E-state index is 12.1. The van der Waals surface area contributed by atoms with Crippen LogP contribution in [-0.4, -0.2) is 10.5 Å². The lowest BCUT2D eigenvalue weighted by atomic mass is 9.89. The van der Waals surface area contributed by atoms with Crippen LogP contribution in [0.5, 0.6) is 0 Å².